The molecule has 1 unspecified atom stereocenters. The van der Waals surface area contributed by atoms with E-state index < -0.39 is 5.97 Å². The molecule has 0 saturated heterocycles. The number of hydrogen-bond acceptors (Lipinski definition) is 1. The summed E-state index contributed by atoms with van der Waals surface area (Å²) in [6.07, 6.45) is 2.52. The van der Waals surface area contributed by atoms with Gasteiger partial charge in [-0.15, -0.1) is 0 Å². The average Bonchev–Trinajstić information content (AvgIpc) is 1.67. The van der Waals surface area contributed by atoms with Crippen molar-refractivity contribution in [2.45, 2.75) is 20.3 Å². The smallest absolute Gasteiger partial charge is 0.481 e. The van der Waals surface area contributed by atoms with Crippen molar-refractivity contribution >= 4 is 5.97 Å². The predicted octanol–water partition coefficient (Wildman–Crippen LogP) is -1.67. The Morgan fingerprint density at radius 2 is 2.22 bits per heavy atom. The van der Waals surface area contributed by atoms with Crippen LogP contribution in [0.3, 0.4) is 0 Å². The molecule has 2 nitrogen and oxygen atoms in total. The number of rotatable bonds is 3. The molecule has 0 spiro atoms. The van der Waals surface area contributed by atoms with Gasteiger partial charge in [0.1, 0.15) is 0 Å². The summed E-state index contributed by atoms with van der Waals surface area (Å²) in [7, 11) is 0. The van der Waals surface area contributed by atoms with E-state index in [2.05, 4.69) is 0 Å². The van der Waals surface area contributed by atoms with Crippen molar-refractivity contribution in [1.82, 2.24) is 0 Å². The molecule has 0 saturated carbocycles. The Kier molecular flexibility index (Phi) is 8.13. The van der Waals surface area contributed by atoms with Gasteiger partial charge >= 0.3 is 24.8 Å². The van der Waals surface area contributed by atoms with E-state index in [-0.39, 0.29) is 24.8 Å². The average molecular weight is 122 g/mol. The molecule has 0 amide bonds. The third kappa shape index (κ3) is 5.95. The normalized spacial score (nSPS) is 11.8. The first-order chi connectivity index (χ1) is 3.68. The van der Waals surface area contributed by atoms with Crippen molar-refractivity contribution in [1.29, 1.82) is 0 Å². The van der Waals surface area contributed by atoms with E-state index in [9.17, 15) is 4.79 Å². The Morgan fingerprint density at radius 1 is 1.78 bits per heavy atom. The van der Waals surface area contributed by atoms with Crippen molar-refractivity contribution in [2.75, 3.05) is 0 Å². The maximum absolute atomic E-state index is 10.1. The molecule has 0 rings (SSSR count). The molecular formula is C6H11LiO2. The quantitative estimate of drug-likeness (QED) is 0.359. The summed E-state index contributed by atoms with van der Waals surface area (Å²) >= 11 is 0. The molecule has 1 atom stereocenters. The van der Waals surface area contributed by atoms with Gasteiger partial charge in [0, 0.05) is 5.92 Å². The first-order valence-electron chi connectivity index (χ1n) is 2.69. The van der Waals surface area contributed by atoms with Crippen LogP contribution in [0.1, 0.15) is 20.3 Å². The monoisotopic (exact) mass is 122 g/mol. The Hall–Kier alpha value is 0.0674. The van der Waals surface area contributed by atoms with Gasteiger partial charge < -0.3 is 11.5 Å². The van der Waals surface area contributed by atoms with Crippen molar-refractivity contribution in [3.05, 3.63) is 6.42 Å². The van der Waals surface area contributed by atoms with Crippen LogP contribution in [-0.2, 0) is 4.79 Å². The van der Waals surface area contributed by atoms with Crippen molar-refractivity contribution in [3.8, 4) is 0 Å². The standard InChI is InChI=1S/C6H11O2.Li/c1-3-4-5(2)6(7)8;/h3,5H,4H2,1-2H3,(H,7,8);/q-1;+1. The largest absolute Gasteiger partial charge is 1.00 e. The zero-order chi connectivity index (χ0) is 6.57. The fourth-order valence-electron chi connectivity index (χ4n) is 0.454. The van der Waals surface area contributed by atoms with E-state index in [4.69, 9.17) is 5.11 Å². The maximum atomic E-state index is 10.1. The van der Waals surface area contributed by atoms with Crippen LogP contribution in [-0.4, -0.2) is 11.1 Å². The van der Waals surface area contributed by atoms with Gasteiger partial charge in [-0.3, -0.25) is 4.79 Å². The number of carboxylic acid groups (broad SMARTS) is 1. The van der Waals surface area contributed by atoms with Crippen LogP contribution in [0.5, 0.6) is 0 Å². The topological polar surface area (TPSA) is 37.3 Å². The second-order valence-corrected chi connectivity index (χ2v) is 1.88. The molecular weight excluding hydrogens is 111 g/mol. The summed E-state index contributed by atoms with van der Waals surface area (Å²) in [5.74, 6) is -0.942. The molecule has 0 bridgehead atoms. The first-order valence-corrected chi connectivity index (χ1v) is 2.69. The zero-order valence-electron chi connectivity index (χ0n) is 6.22. The second-order valence-electron chi connectivity index (χ2n) is 1.88. The van der Waals surface area contributed by atoms with E-state index >= 15 is 0 Å². The number of carboxylic acids is 1. The van der Waals surface area contributed by atoms with E-state index in [1.807, 2.05) is 13.3 Å². The molecule has 9 heavy (non-hydrogen) atoms. The van der Waals surface area contributed by atoms with Gasteiger partial charge in [-0.1, -0.05) is 6.92 Å². The van der Waals surface area contributed by atoms with Gasteiger partial charge in [0.15, 0.2) is 0 Å². The third-order valence-electron chi connectivity index (χ3n) is 1.01. The fraction of sp³-hybridized carbons (Fsp3) is 0.667. The van der Waals surface area contributed by atoms with Crippen LogP contribution in [0.4, 0.5) is 0 Å². The molecule has 0 aromatic carbocycles. The SMILES string of the molecule is C[CH-]CC(C)C(=O)O.[Li+]. The molecule has 0 aliphatic rings. The molecule has 0 aromatic rings. The zero-order valence-corrected chi connectivity index (χ0v) is 6.22. The number of aliphatic carboxylic acids is 1. The Labute approximate surface area is 67.8 Å². The van der Waals surface area contributed by atoms with E-state index in [0.717, 1.165) is 0 Å². The summed E-state index contributed by atoms with van der Waals surface area (Å²) < 4.78 is 0. The second kappa shape index (κ2) is 6.19. The minimum Gasteiger partial charge on any atom is -0.481 e. The number of carbonyl (C=O) groups is 1. The first kappa shape index (κ1) is 11.8. The molecule has 0 fully saturated rings. The third-order valence-corrected chi connectivity index (χ3v) is 1.01. The van der Waals surface area contributed by atoms with Gasteiger partial charge in [0.25, 0.3) is 0 Å². The number of hydrogen-bond donors (Lipinski definition) is 1. The Balaban J connectivity index is 0. The minimum absolute atomic E-state index is 0. The van der Waals surface area contributed by atoms with Crippen molar-refractivity contribution in [3.63, 3.8) is 0 Å². The molecule has 3 heteroatoms. The summed E-state index contributed by atoms with van der Waals surface area (Å²) in [5, 5.41) is 8.29. The van der Waals surface area contributed by atoms with E-state index in [1.165, 1.54) is 0 Å². The molecule has 0 aromatic heterocycles. The molecule has 0 radical (unpaired) electrons. The van der Waals surface area contributed by atoms with Crippen LogP contribution in [0.25, 0.3) is 0 Å². The van der Waals surface area contributed by atoms with Crippen LogP contribution in [0.2, 0.25) is 0 Å². The van der Waals surface area contributed by atoms with Gasteiger partial charge in [-0.25, -0.2) is 0 Å². The van der Waals surface area contributed by atoms with Crippen LogP contribution >= 0.6 is 0 Å². The van der Waals surface area contributed by atoms with E-state index in [1.54, 1.807) is 6.92 Å². The summed E-state index contributed by atoms with van der Waals surface area (Å²) in [6, 6.07) is 0. The molecule has 48 valence electrons. The molecule has 0 heterocycles. The van der Waals surface area contributed by atoms with Crippen LogP contribution in [0, 0.1) is 12.3 Å². The predicted molar refractivity (Wildman–Crippen MR) is 31.4 cm³/mol. The van der Waals surface area contributed by atoms with Crippen LogP contribution < -0.4 is 18.9 Å². The molecule has 1 N–H and O–H groups in total. The Bertz CT molecular complexity index is 83.1. The van der Waals surface area contributed by atoms with Crippen molar-refractivity contribution in [2.24, 2.45) is 5.92 Å². The summed E-state index contributed by atoms with van der Waals surface area (Å²) in [4.78, 5) is 10.1. The fourth-order valence-corrected chi connectivity index (χ4v) is 0.454. The van der Waals surface area contributed by atoms with Gasteiger partial charge in [0.2, 0.25) is 0 Å². The molecule has 0 aliphatic carbocycles. The maximum Gasteiger partial charge on any atom is 1.00 e. The van der Waals surface area contributed by atoms with Gasteiger partial charge in [-0.05, 0) is 0 Å². The minimum atomic E-state index is -0.719. The summed E-state index contributed by atoms with van der Waals surface area (Å²) in [6.45, 7) is 3.56. The molecule has 0 aliphatic heterocycles. The van der Waals surface area contributed by atoms with Gasteiger partial charge in [-0.2, -0.15) is 13.3 Å². The van der Waals surface area contributed by atoms with Crippen molar-refractivity contribution < 1.29 is 28.8 Å². The van der Waals surface area contributed by atoms with Gasteiger partial charge in [0.05, 0.1) is 0 Å². The Morgan fingerprint density at radius 3 is 2.33 bits per heavy atom. The van der Waals surface area contributed by atoms with Crippen LogP contribution in [0.15, 0.2) is 0 Å². The summed E-state index contributed by atoms with van der Waals surface area (Å²) in [5.41, 5.74) is 0. The van der Waals surface area contributed by atoms with E-state index in [0.29, 0.717) is 6.42 Å².